The summed E-state index contributed by atoms with van der Waals surface area (Å²) < 4.78 is 123. The van der Waals surface area contributed by atoms with E-state index in [4.69, 9.17) is 0 Å². The highest BCUT2D eigenvalue weighted by Crippen LogP contribution is 2.40. The quantitative estimate of drug-likeness (QED) is 0.242. The molecule has 0 amide bonds. The molecule has 38 heavy (non-hydrogen) atoms. The number of hydrogen-bond acceptors (Lipinski definition) is 3. The lowest BCUT2D eigenvalue weighted by atomic mass is 10.1. The van der Waals surface area contributed by atoms with Crippen molar-refractivity contribution in [2.45, 2.75) is 18.9 Å². The fourth-order valence-corrected chi connectivity index (χ4v) is 4.70. The summed E-state index contributed by atoms with van der Waals surface area (Å²) in [6, 6.07) is 8.17. The number of halogens is 9. The van der Waals surface area contributed by atoms with Crippen LogP contribution in [0, 0.1) is 28.8 Å². The first-order chi connectivity index (χ1) is 17.7. The molecule has 0 aliphatic carbocycles. The topological polar surface area (TPSA) is 45.8 Å². The summed E-state index contributed by atoms with van der Waals surface area (Å²) in [5, 5.41) is 9.26. The van der Waals surface area contributed by atoms with Crippen LogP contribution in [0.4, 0.5) is 39.5 Å². The Hall–Kier alpha value is -4.05. The van der Waals surface area contributed by atoms with E-state index in [1.807, 2.05) is 0 Å². The van der Waals surface area contributed by atoms with Crippen LogP contribution < -0.4 is 5.56 Å². The Morgan fingerprint density at radius 2 is 1.50 bits per heavy atom. The molecule has 0 spiro atoms. The average molecular weight is 558 g/mol. The van der Waals surface area contributed by atoms with Gasteiger partial charge in [-0.05, 0) is 48.0 Å². The third-order valence-corrected chi connectivity index (χ3v) is 6.59. The molecule has 196 valence electrons. The second kappa shape index (κ2) is 9.68. The molecule has 4 aromatic rings. The number of pyridine rings is 1. The van der Waals surface area contributed by atoms with Crippen molar-refractivity contribution in [1.29, 1.82) is 5.26 Å². The molecule has 0 N–H and O–H groups in total. The van der Waals surface area contributed by atoms with Gasteiger partial charge in [0, 0.05) is 16.5 Å². The second-order valence-corrected chi connectivity index (χ2v) is 9.03. The molecule has 2 aromatic heterocycles. The molecule has 3 nitrogen and oxygen atoms in total. The van der Waals surface area contributed by atoms with Crippen molar-refractivity contribution < 1.29 is 39.5 Å². The van der Waals surface area contributed by atoms with Gasteiger partial charge < -0.3 is 4.57 Å². The molecule has 0 atom stereocenters. The van der Waals surface area contributed by atoms with E-state index < -0.39 is 64.3 Å². The molecule has 0 saturated heterocycles. The van der Waals surface area contributed by atoms with Crippen LogP contribution in [-0.4, -0.2) is 4.57 Å². The average Bonchev–Trinajstić information content (AvgIpc) is 3.30. The zero-order chi connectivity index (χ0) is 28.0. The lowest BCUT2D eigenvalue weighted by molar-refractivity contribution is -0.138. The van der Waals surface area contributed by atoms with Gasteiger partial charge in [0.15, 0.2) is 0 Å². The van der Waals surface area contributed by atoms with E-state index in [1.54, 1.807) is 0 Å². The molecule has 0 fully saturated rings. The number of hydrogen-bond donors (Lipinski definition) is 0. The summed E-state index contributed by atoms with van der Waals surface area (Å²) in [6.45, 7) is -0.696. The maximum atomic E-state index is 14.3. The molecule has 0 bridgehead atoms. The molecule has 0 radical (unpaired) electrons. The highest BCUT2D eigenvalue weighted by molar-refractivity contribution is 7.18. The van der Waals surface area contributed by atoms with Crippen LogP contribution >= 0.6 is 11.3 Å². The summed E-state index contributed by atoms with van der Waals surface area (Å²) in [5.74, 6) is -3.25. The maximum absolute atomic E-state index is 14.3. The maximum Gasteiger partial charge on any atom is 0.417 e. The highest BCUT2D eigenvalue weighted by atomic mass is 32.1. The monoisotopic (exact) mass is 558 g/mol. The van der Waals surface area contributed by atoms with Gasteiger partial charge in [-0.25, -0.2) is 13.2 Å². The lowest BCUT2D eigenvalue weighted by Gasteiger charge is -2.17. The van der Waals surface area contributed by atoms with Gasteiger partial charge in [-0.3, -0.25) is 4.79 Å². The summed E-state index contributed by atoms with van der Waals surface area (Å²) >= 11 is 0.642. The predicted molar refractivity (Wildman–Crippen MR) is 120 cm³/mol. The Bertz CT molecular complexity index is 1640. The predicted octanol–water partition coefficient (Wildman–Crippen LogP) is 7.62. The van der Waals surface area contributed by atoms with Gasteiger partial charge in [-0.15, -0.1) is 11.3 Å². The van der Waals surface area contributed by atoms with Crippen LogP contribution in [0.15, 0.2) is 59.4 Å². The molecule has 4 rings (SSSR count). The summed E-state index contributed by atoms with van der Waals surface area (Å²) in [6.07, 6.45) is -10.0. The first-order valence-electron chi connectivity index (χ1n) is 10.4. The van der Waals surface area contributed by atoms with Gasteiger partial charge in [-0.1, -0.05) is 6.07 Å². The second-order valence-electron chi connectivity index (χ2n) is 7.95. The van der Waals surface area contributed by atoms with Crippen LogP contribution in [0.2, 0.25) is 0 Å². The Morgan fingerprint density at radius 1 is 0.816 bits per heavy atom. The molecule has 2 aromatic carbocycles. The molecule has 0 unspecified atom stereocenters. The largest absolute Gasteiger partial charge is 0.417 e. The van der Waals surface area contributed by atoms with Crippen molar-refractivity contribution in [3.05, 3.63) is 105 Å². The molecule has 13 heteroatoms. The molecule has 2 heterocycles. The van der Waals surface area contributed by atoms with E-state index in [0.717, 1.165) is 18.2 Å². The zero-order valence-corrected chi connectivity index (χ0v) is 19.3. The van der Waals surface area contributed by atoms with Crippen molar-refractivity contribution in [1.82, 2.24) is 4.57 Å². The van der Waals surface area contributed by atoms with Gasteiger partial charge in [0.25, 0.3) is 5.56 Å². The van der Waals surface area contributed by atoms with Gasteiger partial charge >= 0.3 is 12.4 Å². The molecule has 0 saturated carbocycles. The number of thiophene rings is 1. The van der Waals surface area contributed by atoms with Gasteiger partial charge in [-0.2, -0.15) is 31.6 Å². The van der Waals surface area contributed by atoms with E-state index >= 15 is 0 Å². The summed E-state index contributed by atoms with van der Waals surface area (Å²) in [7, 11) is 0. The standard InChI is InChI=1S/C25H11F9N2OS/c26-15-2-1-12(19(28)8-15)11-36-20(9-18(25(32,33)34)17(10-35)23(36)37)22-4-3-21(38-22)13-5-14(24(29,30)31)7-16(27)6-13/h1-9H,11H2. The highest BCUT2D eigenvalue weighted by Gasteiger charge is 2.37. The van der Waals surface area contributed by atoms with Gasteiger partial charge in [0.2, 0.25) is 0 Å². The fraction of sp³-hybridized carbons (Fsp3) is 0.120. The van der Waals surface area contributed by atoms with Crippen LogP contribution in [0.3, 0.4) is 0 Å². The summed E-state index contributed by atoms with van der Waals surface area (Å²) in [5.41, 5.74) is -6.48. The van der Waals surface area contributed by atoms with E-state index in [0.29, 0.717) is 34.1 Å². The number of nitriles is 1. The van der Waals surface area contributed by atoms with Crippen molar-refractivity contribution in [2.75, 3.05) is 0 Å². The molecular formula is C25H11F9N2OS. The first kappa shape index (κ1) is 27.0. The SMILES string of the molecule is N#Cc1c(C(F)(F)F)cc(-c2ccc(-c3cc(F)cc(C(F)(F)F)c3)s2)n(Cc2ccc(F)cc2F)c1=O. The number of nitrogens with zero attached hydrogens (tertiary/aromatic N) is 2. The first-order valence-corrected chi connectivity index (χ1v) is 11.2. The molecule has 0 aliphatic heterocycles. The minimum absolute atomic E-state index is 0.0230. The third-order valence-electron chi connectivity index (χ3n) is 5.43. The van der Waals surface area contributed by atoms with Crippen LogP contribution in [0.1, 0.15) is 22.3 Å². The van der Waals surface area contributed by atoms with Gasteiger partial charge in [0.05, 0.1) is 28.2 Å². The smallest absolute Gasteiger partial charge is 0.302 e. The van der Waals surface area contributed by atoms with Crippen LogP contribution in [0.25, 0.3) is 21.0 Å². The number of benzene rings is 2. The Morgan fingerprint density at radius 3 is 2.11 bits per heavy atom. The van der Waals surface area contributed by atoms with E-state index in [2.05, 4.69) is 0 Å². The lowest BCUT2D eigenvalue weighted by Crippen LogP contribution is -2.28. The van der Waals surface area contributed by atoms with Crippen LogP contribution in [0.5, 0.6) is 0 Å². The Kier molecular flexibility index (Phi) is 6.88. The van der Waals surface area contributed by atoms with Crippen LogP contribution in [-0.2, 0) is 18.9 Å². The van der Waals surface area contributed by atoms with Crippen molar-refractivity contribution in [2.24, 2.45) is 0 Å². The Balaban J connectivity index is 1.93. The van der Waals surface area contributed by atoms with E-state index in [1.165, 1.54) is 18.2 Å². The zero-order valence-electron chi connectivity index (χ0n) is 18.5. The van der Waals surface area contributed by atoms with Gasteiger partial charge in [0.1, 0.15) is 29.1 Å². The fourth-order valence-electron chi connectivity index (χ4n) is 3.69. The normalized spacial score (nSPS) is 12.0. The number of alkyl halides is 6. The van der Waals surface area contributed by atoms with E-state index in [-0.39, 0.29) is 26.9 Å². The van der Waals surface area contributed by atoms with Crippen molar-refractivity contribution in [3.63, 3.8) is 0 Å². The minimum atomic E-state index is -5.14. The molecular weight excluding hydrogens is 547 g/mol. The van der Waals surface area contributed by atoms with Crippen molar-refractivity contribution >= 4 is 11.3 Å². The van der Waals surface area contributed by atoms with E-state index in [9.17, 15) is 49.6 Å². The number of rotatable bonds is 4. The number of aromatic nitrogens is 1. The summed E-state index contributed by atoms with van der Waals surface area (Å²) in [4.78, 5) is 12.9. The van der Waals surface area contributed by atoms with Crippen molar-refractivity contribution in [3.8, 4) is 27.1 Å². The third kappa shape index (κ3) is 5.31. The minimum Gasteiger partial charge on any atom is -0.302 e. The Labute approximate surface area is 211 Å². The molecule has 0 aliphatic rings.